The highest BCUT2D eigenvalue weighted by molar-refractivity contribution is 6.30. The molecule has 5 rings (SSSR count). The molecule has 0 aromatic heterocycles. The quantitative estimate of drug-likeness (QED) is 0.811. The number of halogens is 1. The van der Waals surface area contributed by atoms with Gasteiger partial charge in [0.1, 0.15) is 0 Å². The molecular formula is C17H22ClN. The molecule has 102 valence electrons. The number of nitrogens with one attached hydrogen (secondary N) is 1. The molecule has 1 aromatic carbocycles. The number of benzene rings is 1. The van der Waals surface area contributed by atoms with E-state index >= 15 is 0 Å². The summed E-state index contributed by atoms with van der Waals surface area (Å²) in [5.74, 6) is 3.94. The SMILES string of the molecule is Cc1cc(Cl)ccc1NC1C2CC3CC(C2)CC1C3. The Kier molecular flexibility index (Phi) is 2.80. The molecule has 2 heteroatoms. The highest BCUT2D eigenvalue weighted by Gasteiger charge is 2.48. The first kappa shape index (κ1) is 12.1. The Bertz CT molecular complexity index is 468. The van der Waals surface area contributed by atoms with Crippen molar-refractivity contribution in [3.63, 3.8) is 0 Å². The molecule has 4 bridgehead atoms. The minimum absolute atomic E-state index is 0.715. The zero-order valence-electron chi connectivity index (χ0n) is 11.5. The van der Waals surface area contributed by atoms with Crippen LogP contribution in [0.4, 0.5) is 5.69 Å². The molecule has 0 atom stereocenters. The second-order valence-corrected chi connectivity index (χ2v) is 7.50. The van der Waals surface area contributed by atoms with Crippen LogP contribution in [0, 0.1) is 30.6 Å². The van der Waals surface area contributed by atoms with Gasteiger partial charge in [-0.25, -0.2) is 0 Å². The van der Waals surface area contributed by atoms with E-state index in [0.29, 0.717) is 6.04 Å². The van der Waals surface area contributed by atoms with E-state index in [0.717, 1.165) is 28.7 Å². The van der Waals surface area contributed by atoms with Crippen molar-refractivity contribution in [2.45, 2.75) is 45.1 Å². The summed E-state index contributed by atoms with van der Waals surface area (Å²) in [6.07, 6.45) is 7.41. The van der Waals surface area contributed by atoms with Crippen LogP contribution in [0.5, 0.6) is 0 Å². The Morgan fingerprint density at radius 1 is 1.00 bits per heavy atom. The van der Waals surface area contributed by atoms with Crippen molar-refractivity contribution >= 4 is 17.3 Å². The number of hydrogen-bond donors (Lipinski definition) is 1. The lowest BCUT2D eigenvalue weighted by atomic mass is 9.54. The van der Waals surface area contributed by atoms with E-state index in [1.54, 1.807) is 0 Å². The van der Waals surface area contributed by atoms with Gasteiger partial charge in [-0.15, -0.1) is 0 Å². The van der Waals surface area contributed by atoms with Crippen molar-refractivity contribution in [3.8, 4) is 0 Å². The molecular weight excluding hydrogens is 254 g/mol. The molecule has 0 amide bonds. The average molecular weight is 276 g/mol. The lowest BCUT2D eigenvalue weighted by Gasteiger charge is -2.54. The minimum Gasteiger partial charge on any atom is -0.382 e. The fourth-order valence-electron chi connectivity index (χ4n) is 5.13. The molecule has 1 nitrogen and oxygen atoms in total. The molecule has 19 heavy (non-hydrogen) atoms. The van der Waals surface area contributed by atoms with Gasteiger partial charge in [-0.2, -0.15) is 0 Å². The van der Waals surface area contributed by atoms with Gasteiger partial charge < -0.3 is 5.32 Å². The summed E-state index contributed by atoms with van der Waals surface area (Å²) in [5, 5.41) is 4.70. The van der Waals surface area contributed by atoms with Crippen molar-refractivity contribution in [2.75, 3.05) is 5.32 Å². The molecule has 4 aliphatic rings. The summed E-state index contributed by atoms with van der Waals surface area (Å²) in [4.78, 5) is 0. The van der Waals surface area contributed by atoms with Gasteiger partial charge in [0, 0.05) is 16.8 Å². The summed E-state index contributed by atoms with van der Waals surface area (Å²) in [7, 11) is 0. The summed E-state index contributed by atoms with van der Waals surface area (Å²) >= 11 is 6.05. The molecule has 0 radical (unpaired) electrons. The summed E-state index contributed by atoms with van der Waals surface area (Å²) in [6.45, 7) is 2.16. The highest BCUT2D eigenvalue weighted by Crippen LogP contribution is 2.54. The maximum atomic E-state index is 6.05. The lowest BCUT2D eigenvalue weighted by molar-refractivity contribution is 0.00752. The highest BCUT2D eigenvalue weighted by atomic mass is 35.5. The third-order valence-corrected chi connectivity index (χ3v) is 5.97. The van der Waals surface area contributed by atoms with Crippen LogP contribution in [0.2, 0.25) is 5.02 Å². The predicted molar refractivity (Wildman–Crippen MR) is 80.6 cm³/mol. The van der Waals surface area contributed by atoms with Crippen molar-refractivity contribution < 1.29 is 0 Å². The fourth-order valence-corrected chi connectivity index (χ4v) is 5.36. The van der Waals surface area contributed by atoms with Gasteiger partial charge in [0.25, 0.3) is 0 Å². The summed E-state index contributed by atoms with van der Waals surface area (Å²) < 4.78 is 0. The smallest absolute Gasteiger partial charge is 0.0410 e. The lowest BCUT2D eigenvalue weighted by Crippen LogP contribution is -2.51. The Morgan fingerprint density at radius 3 is 2.21 bits per heavy atom. The molecule has 0 unspecified atom stereocenters. The third kappa shape index (κ3) is 2.07. The van der Waals surface area contributed by atoms with Gasteiger partial charge >= 0.3 is 0 Å². The van der Waals surface area contributed by atoms with E-state index < -0.39 is 0 Å². The number of hydrogen-bond acceptors (Lipinski definition) is 1. The Labute approximate surface area is 120 Å². The normalized spacial score (nSPS) is 39.6. The van der Waals surface area contributed by atoms with Crippen LogP contribution < -0.4 is 5.32 Å². The topological polar surface area (TPSA) is 12.0 Å². The van der Waals surface area contributed by atoms with Gasteiger partial charge in [0.2, 0.25) is 0 Å². The molecule has 0 saturated heterocycles. The van der Waals surface area contributed by atoms with Gasteiger partial charge in [-0.3, -0.25) is 0 Å². The van der Waals surface area contributed by atoms with Crippen LogP contribution in [0.3, 0.4) is 0 Å². The molecule has 4 fully saturated rings. The summed E-state index contributed by atoms with van der Waals surface area (Å²) in [6, 6.07) is 6.95. The van der Waals surface area contributed by atoms with E-state index in [2.05, 4.69) is 24.4 Å². The van der Waals surface area contributed by atoms with E-state index in [4.69, 9.17) is 11.6 Å². The van der Waals surface area contributed by atoms with Crippen LogP contribution in [0.1, 0.15) is 37.7 Å². The maximum Gasteiger partial charge on any atom is 0.0410 e. The largest absolute Gasteiger partial charge is 0.382 e. The van der Waals surface area contributed by atoms with Crippen LogP contribution in [0.15, 0.2) is 18.2 Å². The number of aryl methyl sites for hydroxylation is 1. The zero-order chi connectivity index (χ0) is 13.0. The molecule has 4 aliphatic carbocycles. The zero-order valence-corrected chi connectivity index (χ0v) is 12.3. The van der Waals surface area contributed by atoms with Crippen LogP contribution >= 0.6 is 11.6 Å². The van der Waals surface area contributed by atoms with Gasteiger partial charge in [-0.05, 0) is 86.5 Å². The predicted octanol–water partition coefficient (Wildman–Crippen LogP) is 4.89. The Hall–Kier alpha value is -0.690. The van der Waals surface area contributed by atoms with E-state index in [1.807, 2.05) is 6.07 Å². The van der Waals surface area contributed by atoms with Gasteiger partial charge in [0.05, 0.1) is 0 Å². The standard InChI is InChI=1S/C17H22ClN/c1-10-4-15(18)2-3-16(10)19-17-13-6-11-5-12(8-13)9-14(17)7-11/h2-4,11-14,17,19H,5-9H2,1H3. The fraction of sp³-hybridized carbons (Fsp3) is 0.647. The first-order valence-corrected chi connectivity index (χ1v) is 8.09. The van der Waals surface area contributed by atoms with E-state index in [9.17, 15) is 0 Å². The van der Waals surface area contributed by atoms with Crippen molar-refractivity contribution in [1.29, 1.82) is 0 Å². The van der Waals surface area contributed by atoms with E-state index in [-0.39, 0.29) is 0 Å². The number of anilines is 1. The maximum absolute atomic E-state index is 6.05. The van der Waals surface area contributed by atoms with Crippen LogP contribution in [-0.2, 0) is 0 Å². The van der Waals surface area contributed by atoms with Gasteiger partial charge in [0.15, 0.2) is 0 Å². The molecule has 1 N–H and O–H groups in total. The molecule has 0 spiro atoms. The first-order chi connectivity index (χ1) is 9.19. The van der Waals surface area contributed by atoms with Crippen molar-refractivity contribution in [1.82, 2.24) is 0 Å². The molecule has 1 aromatic rings. The summed E-state index contributed by atoms with van der Waals surface area (Å²) in [5.41, 5.74) is 2.57. The first-order valence-electron chi connectivity index (χ1n) is 7.71. The van der Waals surface area contributed by atoms with Crippen molar-refractivity contribution in [2.24, 2.45) is 23.7 Å². The van der Waals surface area contributed by atoms with Crippen LogP contribution in [-0.4, -0.2) is 6.04 Å². The second-order valence-electron chi connectivity index (χ2n) is 7.06. The van der Waals surface area contributed by atoms with Crippen molar-refractivity contribution in [3.05, 3.63) is 28.8 Å². The number of rotatable bonds is 2. The Balaban J connectivity index is 1.56. The average Bonchev–Trinajstić information content (AvgIpc) is 2.35. The third-order valence-electron chi connectivity index (χ3n) is 5.74. The monoisotopic (exact) mass is 275 g/mol. The molecule has 0 aliphatic heterocycles. The van der Waals surface area contributed by atoms with E-state index in [1.165, 1.54) is 43.4 Å². The van der Waals surface area contributed by atoms with Gasteiger partial charge in [-0.1, -0.05) is 11.6 Å². The Morgan fingerprint density at radius 2 is 1.63 bits per heavy atom. The molecule has 4 saturated carbocycles. The van der Waals surface area contributed by atoms with Crippen LogP contribution in [0.25, 0.3) is 0 Å². The second kappa shape index (κ2) is 4.41. The molecule has 0 heterocycles. The minimum atomic E-state index is 0.715.